The second-order valence-electron chi connectivity index (χ2n) is 5.14. The lowest BCUT2D eigenvalue weighted by Gasteiger charge is -2.19. The molecule has 0 spiro atoms. The van der Waals surface area contributed by atoms with Gasteiger partial charge in [0.25, 0.3) is 0 Å². The smallest absolute Gasteiger partial charge is 0.166 e. The van der Waals surface area contributed by atoms with Crippen molar-refractivity contribution < 1.29 is 4.74 Å². The van der Waals surface area contributed by atoms with Gasteiger partial charge in [-0.15, -0.1) is 0 Å². The Labute approximate surface area is 121 Å². The summed E-state index contributed by atoms with van der Waals surface area (Å²) < 4.78 is 5.19. The summed E-state index contributed by atoms with van der Waals surface area (Å²) in [4.78, 5) is 7.73. The largest absolute Gasteiger partial charge is 0.497 e. The lowest BCUT2D eigenvalue weighted by atomic mass is 10.00. The SMILES string of the molecule is COc1ccc2nc(SCC(N)(C#N)C3CC3)[nH]c2c1. The second-order valence-corrected chi connectivity index (χ2v) is 6.10. The minimum Gasteiger partial charge on any atom is -0.497 e. The van der Waals surface area contributed by atoms with Gasteiger partial charge in [-0.1, -0.05) is 11.8 Å². The number of hydrogen-bond acceptors (Lipinski definition) is 5. The zero-order valence-corrected chi connectivity index (χ0v) is 12.0. The summed E-state index contributed by atoms with van der Waals surface area (Å²) in [5, 5.41) is 10.0. The molecule has 2 aromatic rings. The van der Waals surface area contributed by atoms with Crippen LogP contribution in [-0.4, -0.2) is 28.4 Å². The van der Waals surface area contributed by atoms with Crippen molar-refractivity contribution in [3.05, 3.63) is 18.2 Å². The van der Waals surface area contributed by atoms with Crippen LogP contribution in [-0.2, 0) is 0 Å². The number of ether oxygens (including phenoxy) is 1. The van der Waals surface area contributed by atoms with Gasteiger partial charge in [0.1, 0.15) is 11.3 Å². The van der Waals surface area contributed by atoms with Crippen LogP contribution >= 0.6 is 11.8 Å². The first-order chi connectivity index (χ1) is 9.64. The summed E-state index contributed by atoms with van der Waals surface area (Å²) >= 11 is 1.50. The molecule has 3 rings (SSSR count). The first-order valence-corrected chi connectivity index (χ1v) is 7.50. The van der Waals surface area contributed by atoms with Crippen LogP contribution < -0.4 is 10.5 Å². The highest BCUT2D eigenvalue weighted by molar-refractivity contribution is 7.99. The number of nitriles is 1. The molecule has 1 aliphatic carbocycles. The predicted molar refractivity (Wildman–Crippen MR) is 78.6 cm³/mol. The van der Waals surface area contributed by atoms with Crippen molar-refractivity contribution in [1.29, 1.82) is 5.26 Å². The summed E-state index contributed by atoms with van der Waals surface area (Å²) in [5.41, 5.74) is 7.23. The molecule has 1 unspecified atom stereocenters. The van der Waals surface area contributed by atoms with Gasteiger partial charge in [-0.25, -0.2) is 4.98 Å². The van der Waals surface area contributed by atoms with Gasteiger partial charge < -0.3 is 15.5 Å². The van der Waals surface area contributed by atoms with E-state index in [4.69, 9.17) is 10.5 Å². The normalized spacial score (nSPS) is 17.6. The Kier molecular flexibility index (Phi) is 3.32. The number of fused-ring (bicyclic) bond motifs is 1. The Hall–Kier alpha value is -1.71. The number of nitrogens with one attached hydrogen (secondary N) is 1. The highest BCUT2D eigenvalue weighted by atomic mass is 32.2. The molecule has 20 heavy (non-hydrogen) atoms. The molecule has 3 N–H and O–H groups in total. The Balaban J connectivity index is 1.76. The van der Waals surface area contributed by atoms with Crippen molar-refractivity contribution in [2.75, 3.05) is 12.9 Å². The summed E-state index contributed by atoms with van der Waals surface area (Å²) in [6.07, 6.45) is 2.11. The van der Waals surface area contributed by atoms with Crippen LogP contribution in [0.25, 0.3) is 11.0 Å². The van der Waals surface area contributed by atoms with E-state index in [1.807, 2.05) is 18.2 Å². The van der Waals surface area contributed by atoms with Crippen LogP contribution in [0.15, 0.2) is 23.4 Å². The van der Waals surface area contributed by atoms with Crippen molar-refractivity contribution in [3.63, 3.8) is 0 Å². The first-order valence-electron chi connectivity index (χ1n) is 6.51. The van der Waals surface area contributed by atoms with Crippen molar-refractivity contribution in [2.45, 2.75) is 23.5 Å². The maximum Gasteiger partial charge on any atom is 0.166 e. The molecule has 1 atom stereocenters. The number of H-pyrrole nitrogens is 1. The summed E-state index contributed by atoms with van der Waals surface area (Å²) in [6.45, 7) is 0. The zero-order chi connectivity index (χ0) is 14.2. The topological polar surface area (TPSA) is 87.7 Å². The predicted octanol–water partition coefficient (Wildman–Crippen LogP) is 2.29. The highest BCUT2D eigenvalue weighted by Gasteiger charge is 2.42. The highest BCUT2D eigenvalue weighted by Crippen LogP contribution is 2.40. The van der Waals surface area contributed by atoms with Crippen molar-refractivity contribution >= 4 is 22.8 Å². The Bertz CT molecular complexity index is 673. The average molecular weight is 288 g/mol. The maximum atomic E-state index is 9.25. The van der Waals surface area contributed by atoms with E-state index in [1.54, 1.807) is 7.11 Å². The zero-order valence-electron chi connectivity index (χ0n) is 11.2. The Morgan fingerprint density at radius 3 is 3.05 bits per heavy atom. The summed E-state index contributed by atoms with van der Waals surface area (Å²) in [6, 6.07) is 7.96. The number of imidazole rings is 1. The minimum atomic E-state index is -0.735. The lowest BCUT2D eigenvalue weighted by molar-refractivity contribution is 0.415. The van der Waals surface area contributed by atoms with Crippen LogP contribution in [0.3, 0.4) is 0 Å². The van der Waals surface area contributed by atoms with Crippen LogP contribution in [0.4, 0.5) is 0 Å². The molecule has 1 aromatic heterocycles. The van der Waals surface area contributed by atoms with E-state index in [-0.39, 0.29) is 0 Å². The van der Waals surface area contributed by atoms with E-state index in [0.29, 0.717) is 11.7 Å². The molecule has 0 amide bonds. The van der Waals surface area contributed by atoms with Gasteiger partial charge in [-0.05, 0) is 30.9 Å². The molecule has 0 saturated heterocycles. The van der Waals surface area contributed by atoms with E-state index in [2.05, 4.69) is 16.0 Å². The van der Waals surface area contributed by atoms with E-state index >= 15 is 0 Å². The van der Waals surface area contributed by atoms with E-state index in [1.165, 1.54) is 11.8 Å². The number of aromatic amines is 1. The van der Waals surface area contributed by atoms with Crippen LogP contribution in [0.2, 0.25) is 0 Å². The molecular weight excluding hydrogens is 272 g/mol. The van der Waals surface area contributed by atoms with Gasteiger partial charge in [0, 0.05) is 11.8 Å². The van der Waals surface area contributed by atoms with E-state index < -0.39 is 5.54 Å². The minimum absolute atomic E-state index is 0.337. The van der Waals surface area contributed by atoms with Gasteiger partial charge >= 0.3 is 0 Å². The quantitative estimate of drug-likeness (QED) is 0.824. The molecule has 1 heterocycles. The van der Waals surface area contributed by atoms with Crippen molar-refractivity contribution in [3.8, 4) is 11.8 Å². The summed E-state index contributed by atoms with van der Waals surface area (Å²) in [7, 11) is 1.64. The van der Waals surface area contributed by atoms with Gasteiger partial charge in [0.2, 0.25) is 0 Å². The molecule has 0 radical (unpaired) electrons. The third-order valence-corrected chi connectivity index (χ3v) is 4.72. The van der Waals surface area contributed by atoms with Crippen LogP contribution in [0.1, 0.15) is 12.8 Å². The number of methoxy groups -OCH3 is 1. The molecular formula is C14H16N4OS. The number of hydrogen-bond donors (Lipinski definition) is 2. The molecule has 1 aromatic carbocycles. The number of rotatable bonds is 5. The molecule has 1 fully saturated rings. The van der Waals surface area contributed by atoms with Gasteiger partial charge in [-0.2, -0.15) is 5.26 Å². The number of benzene rings is 1. The average Bonchev–Trinajstić information content (AvgIpc) is 3.25. The Morgan fingerprint density at radius 1 is 1.60 bits per heavy atom. The Morgan fingerprint density at radius 2 is 2.40 bits per heavy atom. The molecule has 6 heteroatoms. The van der Waals surface area contributed by atoms with Gasteiger partial charge in [0.15, 0.2) is 5.16 Å². The van der Waals surface area contributed by atoms with Crippen molar-refractivity contribution in [1.82, 2.24) is 9.97 Å². The molecule has 0 aliphatic heterocycles. The molecule has 0 bridgehead atoms. The molecule has 1 saturated carbocycles. The third-order valence-electron chi connectivity index (χ3n) is 3.63. The number of thioether (sulfide) groups is 1. The fourth-order valence-corrected chi connectivity index (χ4v) is 3.21. The fraction of sp³-hybridized carbons (Fsp3) is 0.429. The maximum absolute atomic E-state index is 9.25. The summed E-state index contributed by atoms with van der Waals surface area (Å²) in [5.74, 6) is 1.69. The number of nitrogens with zero attached hydrogens (tertiary/aromatic N) is 2. The second kappa shape index (κ2) is 5.00. The monoisotopic (exact) mass is 288 g/mol. The lowest BCUT2D eigenvalue weighted by Crippen LogP contribution is -2.43. The van der Waals surface area contributed by atoms with Gasteiger partial charge in [0.05, 0.1) is 24.2 Å². The fourth-order valence-electron chi connectivity index (χ4n) is 2.19. The van der Waals surface area contributed by atoms with Crippen LogP contribution in [0, 0.1) is 17.2 Å². The van der Waals surface area contributed by atoms with E-state index in [0.717, 1.165) is 34.8 Å². The molecule has 104 valence electrons. The third kappa shape index (κ3) is 2.47. The first kappa shape index (κ1) is 13.3. The van der Waals surface area contributed by atoms with Crippen LogP contribution in [0.5, 0.6) is 5.75 Å². The molecule has 1 aliphatic rings. The number of nitrogens with two attached hydrogens (primary N) is 1. The molecule has 5 nitrogen and oxygen atoms in total. The standard InChI is InChI=1S/C14H16N4OS/c1-19-10-4-5-11-12(6-10)18-13(17-11)20-8-14(16,7-15)9-2-3-9/h4-6,9H,2-3,8,16H2,1H3,(H,17,18). The van der Waals surface area contributed by atoms with Crippen molar-refractivity contribution in [2.24, 2.45) is 11.7 Å². The number of aromatic nitrogens is 2. The van der Waals surface area contributed by atoms with Gasteiger partial charge in [-0.3, -0.25) is 0 Å². The van der Waals surface area contributed by atoms with E-state index in [9.17, 15) is 5.26 Å².